The highest BCUT2D eigenvalue weighted by atomic mass is 16.4. The first-order valence-electron chi connectivity index (χ1n) is 7.19. The van der Waals surface area contributed by atoms with Gasteiger partial charge in [-0.15, -0.1) is 0 Å². The fraction of sp³-hybridized carbons (Fsp3) is 0.105. The average Bonchev–Trinajstić information content (AvgIpc) is 2.53. The molecule has 0 saturated heterocycles. The first-order chi connectivity index (χ1) is 10.7. The quantitative estimate of drug-likeness (QED) is 0.551. The van der Waals surface area contributed by atoms with Crippen molar-refractivity contribution in [2.45, 2.75) is 0 Å². The smallest absolute Gasteiger partial charge is 0.317 e. The van der Waals surface area contributed by atoms with Crippen LogP contribution in [0.15, 0.2) is 60.7 Å². The van der Waals surface area contributed by atoms with Crippen molar-refractivity contribution in [3.05, 3.63) is 60.7 Å². The number of carboxylic acid groups (broad SMARTS) is 1. The Morgan fingerprint density at radius 2 is 1.18 bits per heavy atom. The Morgan fingerprint density at radius 3 is 1.41 bits per heavy atom. The maximum absolute atomic E-state index is 9.54. The third-order valence-corrected chi connectivity index (χ3v) is 3.72. The van der Waals surface area contributed by atoms with Gasteiger partial charge in [-0.25, -0.2) is 0 Å². The second-order valence-electron chi connectivity index (χ2n) is 5.21. The Balaban J connectivity index is 0.000000209. The minimum Gasteiger partial charge on any atom is -0.480 e. The van der Waals surface area contributed by atoms with Gasteiger partial charge in [0, 0.05) is 0 Å². The van der Waals surface area contributed by atoms with Gasteiger partial charge in [-0.3, -0.25) is 4.79 Å². The molecule has 0 aliphatic heterocycles. The van der Waals surface area contributed by atoms with Crippen molar-refractivity contribution >= 4 is 38.3 Å². The summed E-state index contributed by atoms with van der Waals surface area (Å²) >= 11 is 0. The molecule has 0 fully saturated rings. The number of benzene rings is 4. The van der Waals surface area contributed by atoms with Crippen LogP contribution in [0.5, 0.6) is 0 Å². The van der Waals surface area contributed by atoms with Gasteiger partial charge in [0.2, 0.25) is 0 Å². The summed E-state index contributed by atoms with van der Waals surface area (Å²) in [7, 11) is 1.59. The van der Waals surface area contributed by atoms with Gasteiger partial charge in [0.25, 0.3) is 0 Å². The predicted molar refractivity (Wildman–Crippen MR) is 91.7 cm³/mol. The fourth-order valence-electron chi connectivity index (χ4n) is 2.82. The van der Waals surface area contributed by atoms with Crippen molar-refractivity contribution in [3.8, 4) is 0 Å². The number of carboxylic acids is 1. The molecule has 2 N–H and O–H groups in total. The lowest BCUT2D eigenvalue weighted by molar-refractivity contribution is -0.135. The number of rotatable bonds is 2. The summed E-state index contributed by atoms with van der Waals surface area (Å²) in [4.78, 5) is 9.54. The van der Waals surface area contributed by atoms with E-state index in [1.165, 1.54) is 32.3 Å². The van der Waals surface area contributed by atoms with Crippen LogP contribution in [0.25, 0.3) is 32.3 Å². The Hall–Kier alpha value is -2.65. The van der Waals surface area contributed by atoms with Crippen molar-refractivity contribution in [1.29, 1.82) is 0 Å². The molecule has 4 rings (SSSR count). The number of likely N-dealkylation sites (N-methyl/N-ethyl adjacent to an activating group) is 1. The van der Waals surface area contributed by atoms with E-state index in [9.17, 15) is 4.79 Å². The molecule has 110 valence electrons. The Labute approximate surface area is 128 Å². The van der Waals surface area contributed by atoms with Crippen LogP contribution in [-0.4, -0.2) is 24.7 Å². The molecule has 0 radical (unpaired) electrons. The predicted octanol–water partition coefficient (Wildman–Crippen LogP) is 3.87. The van der Waals surface area contributed by atoms with E-state index < -0.39 is 5.97 Å². The molecule has 0 saturated carbocycles. The summed E-state index contributed by atoms with van der Waals surface area (Å²) in [5, 5.41) is 18.5. The maximum atomic E-state index is 9.54. The van der Waals surface area contributed by atoms with Crippen LogP contribution in [-0.2, 0) is 4.79 Å². The van der Waals surface area contributed by atoms with Crippen LogP contribution >= 0.6 is 0 Å². The van der Waals surface area contributed by atoms with Crippen molar-refractivity contribution in [1.82, 2.24) is 5.32 Å². The molecule has 3 nitrogen and oxygen atoms in total. The van der Waals surface area contributed by atoms with E-state index in [2.05, 4.69) is 66.0 Å². The lowest BCUT2D eigenvalue weighted by atomic mass is 9.95. The lowest BCUT2D eigenvalue weighted by Crippen LogP contribution is -2.16. The van der Waals surface area contributed by atoms with Gasteiger partial charge in [0.1, 0.15) is 0 Å². The number of hydrogen-bond acceptors (Lipinski definition) is 2. The summed E-state index contributed by atoms with van der Waals surface area (Å²) in [5.41, 5.74) is 0. The lowest BCUT2D eigenvalue weighted by Gasteiger charge is -2.09. The van der Waals surface area contributed by atoms with Crippen LogP contribution in [0.3, 0.4) is 0 Å². The van der Waals surface area contributed by atoms with Crippen LogP contribution in [0.2, 0.25) is 0 Å². The van der Waals surface area contributed by atoms with E-state index in [0.29, 0.717) is 0 Å². The first kappa shape index (κ1) is 14.3. The molecular formula is C19H17NO2. The van der Waals surface area contributed by atoms with Crippen molar-refractivity contribution in [2.24, 2.45) is 0 Å². The highest BCUT2D eigenvalue weighted by Crippen LogP contribution is 2.33. The molecule has 3 heteroatoms. The van der Waals surface area contributed by atoms with E-state index in [-0.39, 0.29) is 6.54 Å². The normalized spacial score (nSPS) is 10.8. The summed E-state index contributed by atoms with van der Waals surface area (Å²) in [6.07, 6.45) is 0. The second-order valence-corrected chi connectivity index (χ2v) is 5.21. The molecule has 0 aromatic heterocycles. The van der Waals surface area contributed by atoms with Crippen LogP contribution in [0.1, 0.15) is 0 Å². The van der Waals surface area contributed by atoms with Crippen LogP contribution in [0.4, 0.5) is 0 Å². The topological polar surface area (TPSA) is 49.3 Å². The largest absolute Gasteiger partial charge is 0.480 e. The highest BCUT2D eigenvalue weighted by Gasteiger charge is 2.05. The minimum absolute atomic E-state index is 0.0417. The van der Waals surface area contributed by atoms with E-state index in [4.69, 9.17) is 5.11 Å². The molecule has 0 spiro atoms. The fourth-order valence-corrected chi connectivity index (χ4v) is 2.82. The molecule has 22 heavy (non-hydrogen) atoms. The third-order valence-electron chi connectivity index (χ3n) is 3.72. The third kappa shape index (κ3) is 2.59. The summed E-state index contributed by atoms with van der Waals surface area (Å²) in [5.74, 6) is -0.822. The standard InChI is InChI=1S/C16H10.C3H7NO2/c1-3-11-7-9-13-5-2-6-14-10-8-12(4-1)15(11)16(13)14;1-4-2-3(5)6/h1-10H;4H,2H2,1H3,(H,5,6). The molecule has 0 aliphatic rings. The van der Waals surface area contributed by atoms with Gasteiger partial charge in [-0.05, 0) is 39.4 Å². The second kappa shape index (κ2) is 6.00. The summed E-state index contributed by atoms with van der Waals surface area (Å²) in [6, 6.07) is 21.9. The molecule has 0 atom stereocenters. The molecule has 0 unspecified atom stereocenters. The van der Waals surface area contributed by atoms with Gasteiger partial charge < -0.3 is 10.4 Å². The zero-order valence-corrected chi connectivity index (χ0v) is 12.3. The van der Waals surface area contributed by atoms with Crippen molar-refractivity contribution < 1.29 is 9.90 Å². The number of aliphatic carboxylic acids is 1. The average molecular weight is 291 g/mol. The Kier molecular flexibility index (Phi) is 3.90. The van der Waals surface area contributed by atoms with Gasteiger partial charge >= 0.3 is 5.97 Å². The van der Waals surface area contributed by atoms with Crippen molar-refractivity contribution in [2.75, 3.05) is 13.6 Å². The zero-order chi connectivity index (χ0) is 15.5. The minimum atomic E-state index is -0.822. The molecule has 0 bridgehead atoms. The maximum Gasteiger partial charge on any atom is 0.317 e. The Morgan fingerprint density at radius 1 is 0.818 bits per heavy atom. The SMILES string of the molecule is CNCC(=O)O.c1cc2ccc3cccc4ccc(c1)c2c34. The molecule has 0 heterocycles. The van der Waals surface area contributed by atoms with Crippen molar-refractivity contribution in [3.63, 3.8) is 0 Å². The zero-order valence-electron chi connectivity index (χ0n) is 12.3. The van der Waals surface area contributed by atoms with Gasteiger partial charge in [-0.1, -0.05) is 60.7 Å². The molecule has 4 aromatic carbocycles. The van der Waals surface area contributed by atoms with E-state index in [0.717, 1.165) is 0 Å². The van der Waals surface area contributed by atoms with Crippen LogP contribution in [0, 0.1) is 0 Å². The van der Waals surface area contributed by atoms with E-state index in [1.54, 1.807) is 7.05 Å². The van der Waals surface area contributed by atoms with Gasteiger partial charge in [0.05, 0.1) is 6.54 Å². The highest BCUT2D eigenvalue weighted by molar-refractivity contribution is 6.22. The Bertz CT molecular complexity index is 800. The number of nitrogens with one attached hydrogen (secondary N) is 1. The van der Waals surface area contributed by atoms with Crippen LogP contribution < -0.4 is 5.32 Å². The van der Waals surface area contributed by atoms with Gasteiger partial charge in [0.15, 0.2) is 0 Å². The van der Waals surface area contributed by atoms with Gasteiger partial charge in [-0.2, -0.15) is 0 Å². The summed E-state index contributed by atoms with van der Waals surface area (Å²) < 4.78 is 0. The molecule has 0 amide bonds. The number of hydrogen-bond donors (Lipinski definition) is 2. The molecule has 4 aromatic rings. The number of carbonyl (C=O) groups is 1. The first-order valence-corrected chi connectivity index (χ1v) is 7.19. The monoisotopic (exact) mass is 291 g/mol. The summed E-state index contributed by atoms with van der Waals surface area (Å²) in [6.45, 7) is 0.0417. The molecule has 0 aliphatic carbocycles. The van der Waals surface area contributed by atoms with E-state index in [1.807, 2.05) is 0 Å². The molecular weight excluding hydrogens is 274 g/mol. The van der Waals surface area contributed by atoms with E-state index >= 15 is 0 Å².